The zero-order valence-corrected chi connectivity index (χ0v) is 24.5. The third-order valence-electron chi connectivity index (χ3n) is 7.04. The monoisotopic (exact) mass is 532 g/mol. The highest BCUT2D eigenvalue weighted by molar-refractivity contribution is 9.09. The van der Waals surface area contributed by atoms with Crippen LogP contribution in [0.15, 0.2) is 0 Å². The van der Waals surface area contributed by atoms with E-state index in [1.165, 1.54) is 185 Å². The SMILES string of the molecule is SCCCCCCCCCCCCCCCCCCCCCCCCCCCCCCBr. The molecule has 194 valence electrons. The fourth-order valence-electron chi connectivity index (χ4n) is 4.80. The van der Waals surface area contributed by atoms with Gasteiger partial charge in [0.2, 0.25) is 0 Å². The van der Waals surface area contributed by atoms with Crippen LogP contribution in [0.5, 0.6) is 0 Å². The first-order chi connectivity index (χ1) is 15.9. The van der Waals surface area contributed by atoms with Gasteiger partial charge in [-0.05, 0) is 18.6 Å². The van der Waals surface area contributed by atoms with Crippen LogP contribution in [0.2, 0.25) is 0 Å². The molecule has 0 atom stereocenters. The number of rotatable bonds is 29. The Kier molecular flexibility index (Phi) is 32.7. The van der Waals surface area contributed by atoms with Crippen LogP contribution in [-0.2, 0) is 0 Å². The summed E-state index contributed by atoms with van der Waals surface area (Å²) in [4.78, 5) is 0. The largest absolute Gasteiger partial charge is 0.179 e. The van der Waals surface area contributed by atoms with Gasteiger partial charge in [-0.25, -0.2) is 0 Å². The van der Waals surface area contributed by atoms with Crippen molar-refractivity contribution in [3.05, 3.63) is 0 Å². The minimum Gasteiger partial charge on any atom is -0.179 e. The van der Waals surface area contributed by atoms with E-state index < -0.39 is 0 Å². The molecule has 0 rings (SSSR count). The van der Waals surface area contributed by atoms with E-state index >= 15 is 0 Å². The summed E-state index contributed by atoms with van der Waals surface area (Å²) in [5.41, 5.74) is 0. The van der Waals surface area contributed by atoms with Crippen molar-refractivity contribution >= 4 is 28.6 Å². The van der Waals surface area contributed by atoms with E-state index in [2.05, 4.69) is 28.6 Å². The Bertz CT molecular complexity index is 277. The smallest absolute Gasteiger partial charge is 0.00313 e. The van der Waals surface area contributed by atoms with Gasteiger partial charge in [0.05, 0.1) is 0 Å². The fourth-order valence-corrected chi connectivity index (χ4v) is 5.42. The number of alkyl halides is 1. The Morgan fingerprint density at radius 1 is 0.250 bits per heavy atom. The van der Waals surface area contributed by atoms with Gasteiger partial charge in [0, 0.05) is 5.33 Å². The minimum atomic E-state index is 1.07. The zero-order chi connectivity index (χ0) is 23.2. The van der Waals surface area contributed by atoms with Crippen LogP contribution >= 0.6 is 28.6 Å². The lowest BCUT2D eigenvalue weighted by atomic mass is 10.0. The third kappa shape index (κ3) is 30.8. The first-order valence-electron chi connectivity index (χ1n) is 15.1. The number of thiol groups is 1. The summed E-state index contributed by atoms with van der Waals surface area (Å²) >= 11 is 7.79. The molecule has 0 bridgehead atoms. The van der Waals surface area contributed by atoms with E-state index in [1.807, 2.05) is 0 Å². The van der Waals surface area contributed by atoms with Crippen molar-refractivity contribution in [3.8, 4) is 0 Å². The Morgan fingerprint density at radius 3 is 0.562 bits per heavy atom. The van der Waals surface area contributed by atoms with Crippen molar-refractivity contribution in [1.29, 1.82) is 0 Å². The van der Waals surface area contributed by atoms with E-state index in [-0.39, 0.29) is 0 Å². The molecule has 0 aromatic carbocycles. The van der Waals surface area contributed by atoms with Crippen LogP contribution in [0.4, 0.5) is 0 Å². The molecule has 0 N–H and O–H groups in total. The average molecular weight is 534 g/mol. The summed E-state index contributed by atoms with van der Waals surface area (Å²) < 4.78 is 0. The molecule has 0 spiro atoms. The Labute approximate surface area is 218 Å². The summed E-state index contributed by atoms with van der Waals surface area (Å²) in [5.74, 6) is 1.07. The van der Waals surface area contributed by atoms with Crippen molar-refractivity contribution < 1.29 is 0 Å². The van der Waals surface area contributed by atoms with Gasteiger partial charge < -0.3 is 0 Å². The minimum absolute atomic E-state index is 1.07. The van der Waals surface area contributed by atoms with Gasteiger partial charge in [-0.15, -0.1) is 0 Å². The van der Waals surface area contributed by atoms with E-state index in [1.54, 1.807) is 0 Å². The average Bonchev–Trinajstić information content (AvgIpc) is 2.81. The van der Waals surface area contributed by atoms with E-state index in [0.29, 0.717) is 0 Å². The quantitative estimate of drug-likeness (QED) is 0.0552. The van der Waals surface area contributed by atoms with Crippen LogP contribution in [-0.4, -0.2) is 11.1 Å². The van der Waals surface area contributed by atoms with Crippen LogP contribution in [0.3, 0.4) is 0 Å². The van der Waals surface area contributed by atoms with Crippen molar-refractivity contribution in [2.24, 2.45) is 0 Å². The fraction of sp³-hybridized carbons (Fsp3) is 1.00. The molecule has 0 radical (unpaired) electrons. The van der Waals surface area contributed by atoms with Crippen molar-refractivity contribution in [3.63, 3.8) is 0 Å². The summed E-state index contributed by atoms with van der Waals surface area (Å²) in [5, 5.41) is 1.19. The highest BCUT2D eigenvalue weighted by Gasteiger charge is 1.96. The van der Waals surface area contributed by atoms with Gasteiger partial charge in [0.15, 0.2) is 0 Å². The lowest BCUT2D eigenvalue weighted by Gasteiger charge is -2.04. The van der Waals surface area contributed by atoms with Crippen LogP contribution < -0.4 is 0 Å². The van der Waals surface area contributed by atoms with Gasteiger partial charge in [0.25, 0.3) is 0 Å². The molecule has 0 aromatic rings. The summed E-state index contributed by atoms with van der Waals surface area (Å²) in [6, 6.07) is 0. The number of hydrogen-bond donors (Lipinski definition) is 1. The molecule has 0 nitrogen and oxygen atoms in total. The third-order valence-corrected chi connectivity index (χ3v) is 7.92. The molecule has 0 aromatic heterocycles. The normalized spacial score (nSPS) is 11.4. The summed E-state index contributed by atoms with van der Waals surface area (Å²) in [6.45, 7) is 0. The first kappa shape index (κ1) is 32.8. The van der Waals surface area contributed by atoms with Crippen molar-refractivity contribution in [1.82, 2.24) is 0 Å². The molecule has 0 saturated heterocycles. The maximum Gasteiger partial charge on any atom is 0.00313 e. The molecule has 2 heteroatoms. The molecule has 32 heavy (non-hydrogen) atoms. The standard InChI is InChI=1S/C30H61BrS/c31-29-27-25-23-21-19-17-15-13-11-9-7-5-3-1-2-4-6-8-10-12-14-16-18-20-22-24-26-28-30-32/h32H,1-30H2. The van der Waals surface area contributed by atoms with Gasteiger partial charge in [-0.1, -0.05) is 183 Å². The van der Waals surface area contributed by atoms with Gasteiger partial charge in [0.1, 0.15) is 0 Å². The van der Waals surface area contributed by atoms with E-state index in [0.717, 1.165) is 5.75 Å². The van der Waals surface area contributed by atoms with Gasteiger partial charge >= 0.3 is 0 Å². The van der Waals surface area contributed by atoms with E-state index in [9.17, 15) is 0 Å². The molecule has 0 saturated carbocycles. The molecule has 0 aliphatic heterocycles. The maximum absolute atomic E-state index is 4.28. The predicted octanol–water partition coefficient (Wildman–Crippen LogP) is 12.2. The lowest BCUT2D eigenvalue weighted by Crippen LogP contribution is -1.85. The second-order valence-corrected chi connectivity index (χ2v) is 11.6. The summed E-state index contributed by atoms with van der Waals surface area (Å²) in [6.07, 6.45) is 40.9. The molecule has 0 aliphatic carbocycles. The lowest BCUT2D eigenvalue weighted by molar-refractivity contribution is 0.514. The molecule has 0 fully saturated rings. The molecular formula is C30H61BrS. The van der Waals surface area contributed by atoms with Gasteiger partial charge in [-0.3, -0.25) is 0 Å². The maximum atomic E-state index is 4.28. The Balaban J connectivity index is 2.98. The Morgan fingerprint density at radius 2 is 0.406 bits per heavy atom. The van der Waals surface area contributed by atoms with Crippen molar-refractivity contribution in [2.45, 2.75) is 180 Å². The second kappa shape index (κ2) is 31.8. The van der Waals surface area contributed by atoms with Crippen LogP contribution in [0, 0.1) is 0 Å². The number of halogens is 1. The second-order valence-electron chi connectivity index (χ2n) is 10.3. The zero-order valence-electron chi connectivity index (χ0n) is 22.0. The molecule has 0 unspecified atom stereocenters. The predicted molar refractivity (Wildman–Crippen MR) is 157 cm³/mol. The summed E-state index contributed by atoms with van der Waals surface area (Å²) in [7, 11) is 0. The highest BCUT2D eigenvalue weighted by atomic mass is 79.9. The first-order valence-corrected chi connectivity index (χ1v) is 16.8. The molecule has 0 heterocycles. The molecule has 0 aliphatic rings. The number of unbranched alkanes of at least 4 members (excludes halogenated alkanes) is 27. The van der Waals surface area contributed by atoms with Gasteiger partial charge in [-0.2, -0.15) is 12.6 Å². The van der Waals surface area contributed by atoms with Crippen LogP contribution in [0.25, 0.3) is 0 Å². The Hall–Kier alpha value is 0.830. The van der Waals surface area contributed by atoms with Crippen LogP contribution in [0.1, 0.15) is 180 Å². The van der Waals surface area contributed by atoms with Crippen molar-refractivity contribution in [2.75, 3.05) is 11.1 Å². The van der Waals surface area contributed by atoms with E-state index in [4.69, 9.17) is 0 Å². The molecular weight excluding hydrogens is 472 g/mol. The molecule has 0 amide bonds. The topological polar surface area (TPSA) is 0 Å². The number of hydrogen-bond acceptors (Lipinski definition) is 1. The highest BCUT2D eigenvalue weighted by Crippen LogP contribution is 2.16.